The lowest BCUT2D eigenvalue weighted by atomic mass is 9.83. The summed E-state index contributed by atoms with van der Waals surface area (Å²) in [6.45, 7) is 6.20. The number of unbranched alkanes of at least 4 members (excludes halogenated alkanes) is 2. The number of aryl methyl sites for hydroxylation is 1. The van der Waals surface area contributed by atoms with Gasteiger partial charge in [0.05, 0.1) is 47.7 Å². The molecule has 2 fully saturated rings. The molecule has 4 N–H and O–H groups in total. The maximum atomic E-state index is 14.4. The second kappa shape index (κ2) is 22.8. The number of β-amino-alcohol motifs (C(OH)–C–C–N with tert-alkyl or cyclic N) is 1. The minimum Gasteiger partial charge on any atom is -0.508 e. The van der Waals surface area contributed by atoms with Gasteiger partial charge in [0.2, 0.25) is 27.7 Å². The lowest BCUT2D eigenvalue weighted by molar-refractivity contribution is -0.144. The maximum absolute atomic E-state index is 14.4. The molecule has 1 aromatic heterocycles. The van der Waals surface area contributed by atoms with Crippen LogP contribution in [-0.4, -0.2) is 115 Å². The summed E-state index contributed by atoms with van der Waals surface area (Å²) < 4.78 is 88.8. The average molecular weight is 1070 g/mol. The zero-order valence-corrected chi connectivity index (χ0v) is 43.9. The van der Waals surface area contributed by atoms with Crippen molar-refractivity contribution in [3.05, 3.63) is 125 Å². The van der Waals surface area contributed by atoms with Crippen LogP contribution in [0.2, 0.25) is 0 Å². The summed E-state index contributed by atoms with van der Waals surface area (Å²) in [5.41, 5.74) is 6.19. The summed E-state index contributed by atoms with van der Waals surface area (Å²) >= 11 is 1.56. The number of phenols is 1. The number of rotatable bonds is 20. The third-order valence-electron chi connectivity index (χ3n) is 13.7. The second-order valence-electron chi connectivity index (χ2n) is 20.2. The van der Waals surface area contributed by atoms with Crippen LogP contribution >= 0.6 is 11.3 Å². The molecule has 400 valence electrons. The first kappa shape index (κ1) is 54.8. The largest absolute Gasteiger partial charge is 0.508 e. The van der Waals surface area contributed by atoms with Crippen molar-refractivity contribution >= 4 is 55.9 Å². The van der Waals surface area contributed by atoms with Crippen molar-refractivity contribution in [3.8, 4) is 27.7 Å². The highest BCUT2D eigenvalue weighted by Gasteiger charge is 2.55. The average Bonchev–Trinajstić information content (AvgIpc) is 4.19. The van der Waals surface area contributed by atoms with Gasteiger partial charge in [-0.15, -0.1) is 11.3 Å². The number of aliphatic hydroxyl groups is 1. The number of thiazole rings is 1. The van der Waals surface area contributed by atoms with Crippen LogP contribution in [0.4, 0.5) is 18.9 Å². The fourth-order valence-electron chi connectivity index (χ4n) is 9.90. The number of fused-ring (bicyclic) bond motifs is 2. The Morgan fingerprint density at radius 2 is 1.52 bits per heavy atom. The fraction of sp³-hybridized carbons (Fsp3) is 0.418. The van der Waals surface area contributed by atoms with Gasteiger partial charge in [-0.1, -0.05) is 69.3 Å². The van der Waals surface area contributed by atoms with Gasteiger partial charge in [0.15, 0.2) is 0 Å². The van der Waals surface area contributed by atoms with E-state index in [-0.39, 0.29) is 49.7 Å². The van der Waals surface area contributed by atoms with Crippen molar-refractivity contribution in [1.29, 1.82) is 0 Å². The van der Waals surface area contributed by atoms with E-state index in [1.165, 1.54) is 48.4 Å². The number of anilines is 1. The number of likely N-dealkylation sites (tertiary alicyclic amines) is 1. The number of aromatic nitrogens is 1. The van der Waals surface area contributed by atoms with Crippen LogP contribution in [-0.2, 0) is 35.7 Å². The van der Waals surface area contributed by atoms with E-state index < -0.39 is 75.6 Å². The summed E-state index contributed by atoms with van der Waals surface area (Å²) in [6.07, 6.45) is -5.81. The Kier molecular flexibility index (Phi) is 16.6. The Morgan fingerprint density at radius 1 is 0.880 bits per heavy atom. The summed E-state index contributed by atoms with van der Waals surface area (Å²) in [4.78, 5) is 47.7. The highest BCUT2D eigenvalue weighted by Crippen LogP contribution is 2.52. The molecule has 15 nitrogen and oxygen atoms in total. The van der Waals surface area contributed by atoms with E-state index in [2.05, 4.69) is 15.6 Å². The number of nitrogens with one attached hydrogen (secondary N) is 2. The molecule has 0 radical (unpaired) electrons. The van der Waals surface area contributed by atoms with E-state index in [0.29, 0.717) is 63.9 Å². The molecular formula is C55H62F3N5O10S2. The monoisotopic (exact) mass is 1070 g/mol. The van der Waals surface area contributed by atoms with Gasteiger partial charge < -0.3 is 40.0 Å². The number of phenolic OH excluding ortho intramolecular Hbond substituents is 1. The topological polar surface area (TPSA) is 197 Å². The standard InChI is InChI=1S/C55H62F3N5O10S2/c1-33-50(74-32-60-33)37-12-10-34(11-13-37)29-59-52(67)43-27-40(65)30-62(43)53(68)51(54(2,3)4)61-46(66)9-7-6-8-26-72-42-22-16-36(17-23-42)48-47(35-14-20-39(64)21-15-35)44-28-45(49(48)73-44)75(69,70)63(31-55(56,57)58)38-18-24-41(71-5)25-19-38/h10-25,32,40,43-45,49,51,64-65H,6-9,26-31H2,1-5H3,(H,59,67)(H,61,66)/t40-,43+,44-,45?,49+,51-/m1/s1. The number of amides is 3. The Labute approximate surface area is 438 Å². The van der Waals surface area contributed by atoms with Crippen LogP contribution in [0.15, 0.2) is 103 Å². The van der Waals surface area contributed by atoms with E-state index in [1.807, 2.05) is 52.0 Å². The number of sulfonamides is 1. The molecule has 4 aromatic carbocycles. The van der Waals surface area contributed by atoms with Crippen molar-refractivity contribution in [2.24, 2.45) is 5.41 Å². The predicted molar refractivity (Wildman–Crippen MR) is 279 cm³/mol. The molecule has 2 bridgehead atoms. The van der Waals surface area contributed by atoms with Gasteiger partial charge in [0, 0.05) is 25.9 Å². The zero-order chi connectivity index (χ0) is 53.8. The molecule has 3 aliphatic heterocycles. The number of nitrogens with zero attached hydrogens (tertiary/aromatic N) is 3. The van der Waals surface area contributed by atoms with Gasteiger partial charge in [-0.3, -0.25) is 18.7 Å². The van der Waals surface area contributed by atoms with E-state index in [9.17, 15) is 46.2 Å². The molecule has 8 rings (SSSR count). The molecule has 2 saturated heterocycles. The Hall–Kier alpha value is -6.48. The first-order valence-corrected chi connectivity index (χ1v) is 27.2. The van der Waals surface area contributed by atoms with E-state index in [0.717, 1.165) is 21.7 Å². The van der Waals surface area contributed by atoms with E-state index >= 15 is 0 Å². The number of alkyl halides is 3. The molecule has 6 atom stereocenters. The van der Waals surface area contributed by atoms with Crippen LogP contribution < -0.4 is 24.4 Å². The zero-order valence-electron chi connectivity index (χ0n) is 42.3. The van der Waals surface area contributed by atoms with Crippen molar-refractivity contribution in [2.75, 3.05) is 31.1 Å². The van der Waals surface area contributed by atoms with Crippen LogP contribution in [0.5, 0.6) is 17.2 Å². The number of hydrogen-bond acceptors (Lipinski definition) is 12. The summed E-state index contributed by atoms with van der Waals surface area (Å²) in [5.74, 6) is -0.285. The van der Waals surface area contributed by atoms with Crippen LogP contribution in [0.3, 0.4) is 0 Å². The summed E-state index contributed by atoms with van der Waals surface area (Å²) in [5, 5.41) is 25.1. The lowest BCUT2D eigenvalue weighted by Gasteiger charge is -2.35. The number of carbonyl (C=O) groups excluding carboxylic acids is 3. The molecule has 5 aromatic rings. The van der Waals surface area contributed by atoms with Gasteiger partial charge >= 0.3 is 6.18 Å². The summed E-state index contributed by atoms with van der Waals surface area (Å²) in [6, 6.07) is 24.6. The minimum absolute atomic E-state index is 0.0215. The molecule has 3 amide bonds. The van der Waals surface area contributed by atoms with Gasteiger partial charge in [-0.25, -0.2) is 13.4 Å². The molecular weight excluding hydrogens is 1010 g/mol. The normalized spacial score (nSPS) is 20.0. The van der Waals surface area contributed by atoms with E-state index in [4.69, 9.17) is 14.2 Å². The van der Waals surface area contributed by atoms with Crippen LogP contribution in [0, 0.1) is 12.3 Å². The molecule has 0 spiro atoms. The molecule has 75 heavy (non-hydrogen) atoms. The summed E-state index contributed by atoms with van der Waals surface area (Å²) in [7, 11) is -3.29. The number of ether oxygens (including phenoxy) is 3. The first-order valence-electron chi connectivity index (χ1n) is 24.8. The number of aromatic hydroxyl groups is 1. The third kappa shape index (κ3) is 12.8. The van der Waals surface area contributed by atoms with E-state index in [1.54, 1.807) is 53.2 Å². The fourth-order valence-corrected chi connectivity index (χ4v) is 12.7. The highest BCUT2D eigenvalue weighted by atomic mass is 32.2. The Morgan fingerprint density at radius 3 is 2.15 bits per heavy atom. The number of methoxy groups -OCH3 is 1. The quantitative estimate of drug-likeness (QED) is 0.0546. The second-order valence-corrected chi connectivity index (χ2v) is 23.1. The SMILES string of the molecule is COc1ccc(N(CC(F)(F)F)S(=O)(=O)C2C[C@H]3O[C@@H]2C(c2ccc(OCCCCCC(=O)N[C@H](C(=O)N4C[C@H](O)C[C@H]4C(=O)NCc4ccc(-c5scnc5C)cc4)C(C)(C)C)cc2)=C3c2ccc(O)cc2)cc1. The van der Waals surface area contributed by atoms with Gasteiger partial charge in [-0.05, 0) is 120 Å². The van der Waals surface area contributed by atoms with Crippen molar-refractivity contribution in [1.82, 2.24) is 20.5 Å². The smallest absolute Gasteiger partial charge is 0.407 e. The van der Waals surface area contributed by atoms with Gasteiger partial charge in [0.25, 0.3) is 0 Å². The predicted octanol–water partition coefficient (Wildman–Crippen LogP) is 8.43. The van der Waals surface area contributed by atoms with Gasteiger partial charge in [0.1, 0.15) is 47.2 Å². The van der Waals surface area contributed by atoms with Crippen LogP contribution in [0.1, 0.15) is 81.7 Å². The van der Waals surface area contributed by atoms with Crippen molar-refractivity contribution < 1.29 is 60.4 Å². The number of benzene rings is 4. The number of halogens is 3. The number of carbonyl (C=O) groups is 3. The first-order chi connectivity index (χ1) is 35.6. The maximum Gasteiger partial charge on any atom is 0.407 e. The third-order valence-corrected chi connectivity index (χ3v) is 16.9. The molecule has 1 unspecified atom stereocenters. The minimum atomic E-state index is -4.85. The van der Waals surface area contributed by atoms with Crippen molar-refractivity contribution in [3.63, 3.8) is 0 Å². The molecule has 20 heteroatoms. The molecule has 0 aliphatic carbocycles. The van der Waals surface area contributed by atoms with Crippen molar-refractivity contribution in [2.45, 2.75) is 115 Å². The number of aliphatic hydroxyl groups excluding tert-OH is 1. The van der Waals surface area contributed by atoms with Crippen LogP contribution in [0.25, 0.3) is 21.6 Å². The Balaban J connectivity index is 0.851. The molecule has 3 aliphatic rings. The van der Waals surface area contributed by atoms with Gasteiger partial charge in [-0.2, -0.15) is 13.2 Å². The lowest BCUT2D eigenvalue weighted by Crippen LogP contribution is -2.57. The molecule has 0 saturated carbocycles. The molecule has 4 heterocycles. The number of hydrogen-bond donors (Lipinski definition) is 4. The Bertz CT molecular complexity index is 2960. The highest BCUT2D eigenvalue weighted by molar-refractivity contribution is 7.93.